The highest BCUT2D eigenvalue weighted by Crippen LogP contribution is 2.32. The van der Waals surface area contributed by atoms with Crippen LogP contribution in [0.4, 0.5) is 0 Å². The van der Waals surface area contributed by atoms with Gasteiger partial charge in [-0.15, -0.1) is 0 Å². The highest BCUT2D eigenvalue weighted by atomic mass is 16.5. The lowest BCUT2D eigenvalue weighted by Crippen LogP contribution is -2.58. The summed E-state index contributed by atoms with van der Waals surface area (Å²) in [6.07, 6.45) is 5.68. The molecule has 82 valence electrons. The van der Waals surface area contributed by atoms with Gasteiger partial charge in [-0.2, -0.15) is 0 Å². The molecule has 0 spiro atoms. The van der Waals surface area contributed by atoms with E-state index >= 15 is 0 Å². The first-order valence-corrected chi connectivity index (χ1v) is 5.97. The maximum atomic E-state index is 5.87. The Morgan fingerprint density at radius 2 is 1.93 bits per heavy atom. The highest BCUT2D eigenvalue weighted by molar-refractivity contribution is 4.93. The van der Waals surface area contributed by atoms with E-state index in [1.807, 2.05) is 0 Å². The van der Waals surface area contributed by atoms with Crippen LogP contribution < -0.4 is 0 Å². The summed E-state index contributed by atoms with van der Waals surface area (Å²) in [6.45, 7) is 9.21. The molecule has 0 bridgehead atoms. The average Bonchev–Trinajstić information content (AvgIpc) is 2.15. The quantitative estimate of drug-likeness (QED) is 0.591. The van der Waals surface area contributed by atoms with Crippen molar-refractivity contribution in [2.45, 2.75) is 64.1 Å². The number of ether oxygens (including phenoxy) is 1. The zero-order valence-electron chi connectivity index (χ0n) is 9.75. The van der Waals surface area contributed by atoms with E-state index in [9.17, 15) is 0 Å². The minimum absolute atomic E-state index is 0.310. The molecule has 2 heteroatoms. The predicted molar refractivity (Wildman–Crippen MR) is 58.5 cm³/mol. The first-order valence-electron chi connectivity index (χ1n) is 5.97. The zero-order chi connectivity index (χ0) is 10.2. The van der Waals surface area contributed by atoms with E-state index in [1.165, 1.54) is 32.2 Å². The van der Waals surface area contributed by atoms with Crippen molar-refractivity contribution in [3.8, 4) is 0 Å². The van der Waals surface area contributed by atoms with Gasteiger partial charge in [0, 0.05) is 18.2 Å². The van der Waals surface area contributed by atoms with Gasteiger partial charge < -0.3 is 4.74 Å². The molecule has 0 saturated carbocycles. The van der Waals surface area contributed by atoms with Crippen molar-refractivity contribution in [1.29, 1.82) is 0 Å². The normalized spacial score (nSPS) is 35.4. The maximum Gasteiger partial charge on any atom is 0.0730 e. The molecule has 0 aromatic heterocycles. The SMILES string of the molecule is CC(C)(C)N1CCCC2OCCCC21. The van der Waals surface area contributed by atoms with Gasteiger partial charge in [-0.05, 0) is 53.0 Å². The van der Waals surface area contributed by atoms with Crippen LogP contribution in [0.1, 0.15) is 46.5 Å². The third-order valence-electron chi connectivity index (χ3n) is 3.55. The molecule has 0 aromatic rings. The molecule has 2 rings (SSSR count). The summed E-state index contributed by atoms with van der Waals surface area (Å²) >= 11 is 0. The molecule has 2 aliphatic heterocycles. The number of likely N-dealkylation sites (tertiary alicyclic amines) is 1. The Morgan fingerprint density at radius 3 is 2.64 bits per heavy atom. The lowest BCUT2D eigenvalue weighted by molar-refractivity contribution is -0.100. The second-order valence-corrected chi connectivity index (χ2v) is 5.63. The maximum absolute atomic E-state index is 5.87. The van der Waals surface area contributed by atoms with Crippen molar-refractivity contribution in [3.63, 3.8) is 0 Å². The van der Waals surface area contributed by atoms with Gasteiger partial charge in [-0.25, -0.2) is 0 Å². The summed E-state index contributed by atoms with van der Waals surface area (Å²) < 4.78 is 5.87. The fourth-order valence-corrected chi connectivity index (χ4v) is 2.92. The Balaban J connectivity index is 2.09. The van der Waals surface area contributed by atoms with Crippen LogP contribution in [-0.4, -0.2) is 35.7 Å². The number of piperidine rings is 1. The third-order valence-corrected chi connectivity index (χ3v) is 3.55. The molecule has 2 aliphatic rings. The molecule has 0 N–H and O–H groups in total. The molecule has 0 amide bonds. The van der Waals surface area contributed by atoms with Crippen LogP contribution in [0.15, 0.2) is 0 Å². The van der Waals surface area contributed by atoms with E-state index in [-0.39, 0.29) is 0 Å². The van der Waals surface area contributed by atoms with Gasteiger partial charge in [0.2, 0.25) is 0 Å². The smallest absolute Gasteiger partial charge is 0.0730 e. The van der Waals surface area contributed by atoms with Crippen LogP contribution in [0.2, 0.25) is 0 Å². The monoisotopic (exact) mass is 197 g/mol. The van der Waals surface area contributed by atoms with Gasteiger partial charge in [0.05, 0.1) is 6.10 Å². The summed E-state index contributed by atoms with van der Waals surface area (Å²) in [5.74, 6) is 0. The van der Waals surface area contributed by atoms with Gasteiger partial charge in [0.15, 0.2) is 0 Å². The minimum Gasteiger partial charge on any atom is -0.377 e. The lowest BCUT2D eigenvalue weighted by atomic mass is 9.88. The summed E-state index contributed by atoms with van der Waals surface area (Å²) in [4.78, 5) is 2.65. The number of hydrogen-bond donors (Lipinski definition) is 0. The average molecular weight is 197 g/mol. The third kappa shape index (κ3) is 1.96. The molecule has 2 fully saturated rings. The largest absolute Gasteiger partial charge is 0.377 e. The first-order chi connectivity index (χ1) is 6.59. The summed E-state index contributed by atoms with van der Waals surface area (Å²) in [6, 6.07) is 0.692. The van der Waals surface area contributed by atoms with Crippen molar-refractivity contribution in [3.05, 3.63) is 0 Å². The lowest BCUT2D eigenvalue weighted by Gasteiger charge is -2.49. The number of nitrogens with zero attached hydrogens (tertiary/aromatic N) is 1. The number of rotatable bonds is 0. The molecule has 0 radical (unpaired) electrons. The fraction of sp³-hybridized carbons (Fsp3) is 1.00. The van der Waals surface area contributed by atoms with Crippen LogP contribution in [0.25, 0.3) is 0 Å². The van der Waals surface area contributed by atoms with Crippen molar-refractivity contribution >= 4 is 0 Å². The van der Waals surface area contributed by atoms with Gasteiger partial charge in [0.1, 0.15) is 0 Å². The molecule has 0 aromatic carbocycles. The standard InChI is InChI=1S/C12H23NO/c1-12(2,3)13-8-4-7-11-10(13)6-5-9-14-11/h10-11H,4-9H2,1-3H3. The summed E-state index contributed by atoms with van der Waals surface area (Å²) in [7, 11) is 0. The Kier molecular flexibility index (Phi) is 2.85. The number of hydrogen-bond acceptors (Lipinski definition) is 2. The second kappa shape index (κ2) is 3.82. The molecular weight excluding hydrogens is 174 g/mol. The summed E-state index contributed by atoms with van der Waals surface area (Å²) in [5.41, 5.74) is 0.310. The second-order valence-electron chi connectivity index (χ2n) is 5.63. The van der Waals surface area contributed by atoms with Gasteiger partial charge in [-0.3, -0.25) is 4.90 Å². The van der Waals surface area contributed by atoms with Gasteiger partial charge in [-0.1, -0.05) is 0 Å². The molecule has 2 unspecified atom stereocenters. The van der Waals surface area contributed by atoms with E-state index in [4.69, 9.17) is 4.74 Å². The van der Waals surface area contributed by atoms with Crippen LogP contribution in [0, 0.1) is 0 Å². The van der Waals surface area contributed by atoms with E-state index in [1.54, 1.807) is 0 Å². The summed E-state index contributed by atoms with van der Waals surface area (Å²) in [5, 5.41) is 0. The highest BCUT2D eigenvalue weighted by Gasteiger charge is 2.38. The Morgan fingerprint density at radius 1 is 1.14 bits per heavy atom. The Hall–Kier alpha value is -0.0800. The molecule has 2 atom stereocenters. The molecule has 0 aliphatic carbocycles. The van der Waals surface area contributed by atoms with Gasteiger partial charge in [0.25, 0.3) is 0 Å². The predicted octanol–water partition coefficient (Wildman–Crippen LogP) is 2.43. The molecule has 14 heavy (non-hydrogen) atoms. The van der Waals surface area contributed by atoms with E-state index in [0.717, 1.165) is 6.61 Å². The zero-order valence-corrected chi connectivity index (χ0v) is 9.75. The molecule has 2 saturated heterocycles. The first kappa shape index (κ1) is 10.4. The van der Waals surface area contributed by atoms with Crippen LogP contribution >= 0.6 is 0 Å². The Labute approximate surface area is 87.6 Å². The van der Waals surface area contributed by atoms with E-state index in [0.29, 0.717) is 17.7 Å². The van der Waals surface area contributed by atoms with Crippen LogP contribution in [0.3, 0.4) is 0 Å². The Bertz CT molecular complexity index is 195. The molecule has 2 nitrogen and oxygen atoms in total. The molecular formula is C12H23NO. The van der Waals surface area contributed by atoms with E-state index in [2.05, 4.69) is 25.7 Å². The van der Waals surface area contributed by atoms with Crippen LogP contribution in [-0.2, 0) is 4.74 Å². The number of fused-ring (bicyclic) bond motifs is 1. The van der Waals surface area contributed by atoms with Crippen LogP contribution in [0.5, 0.6) is 0 Å². The topological polar surface area (TPSA) is 12.5 Å². The van der Waals surface area contributed by atoms with Crippen molar-refractivity contribution in [2.24, 2.45) is 0 Å². The van der Waals surface area contributed by atoms with Crippen molar-refractivity contribution < 1.29 is 4.74 Å². The molecule has 2 heterocycles. The van der Waals surface area contributed by atoms with Crippen molar-refractivity contribution in [2.75, 3.05) is 13.2 Å². The van der Waals surface area contributed by atoms with E-state index < -0.39 is 0 Å². The minimum atomic E-state index is 0.310. The fourth-order valence-electron chi connectivity index (χ4n) is 2.92. The van der Waals surface area contributed by atoms with Gasteiger partial charge >= 0.3 is 0 Å². The van der Waals surface area contributed by atoms with Crippen molar-refractivity contribution in [1.82, 2.24) is 4.90 Å².